The van der Waals surface area contributed by atoms with Crippen molar-refractivity contribution in [2.45, 2.75) is 13.6 Å². The van der Waals surface area contributed by atoms with Crippen molar-refractivity contribution < 1.29 is 14.1 Å². The van der Waals surface area contributed by atoms with Crippen LogP contribution in [0.25, 0.3) is 21.6 Å². The Kier molecular flexibility index (Phi) is 4.43. The van der Waals surface area contributed by atoms with Crippen molar-refractivity contribution in [3.63, 3.8) is 0 Å². The van der Waals surface area contributed by atoms with Crippen molar-refractivity contribution in [2.24, 2.45) is 0 Å². The largest absolute Gasteiger partial charge is 0.365 e. The number of carbonyl (C=O) groups excluding carboxylic acids is 2. The van der Waals surface area contributed by atoms with Crippen LogP contribution in [0.1, 0.15) is 17.3 Å². The maximum absolute atomic E-state index is 12.0. The van der Waals surface area contributed by atoms with Gasteiger partial charge in [-0.15, -0.1) is 11.3 Å². The van der Waals surface area contributed by atoms with Crippen LogP contribution < -0.4 is 10.9 Å². The van der Waals surface area contributed by atoms with Gasteiger partial charge in [0, 0.05) is 17.4 Å². The second-order valence-corrected chi connectivity index (χ2v) is 6.05. The van der Waals surface area contributed by atoms with Crippen LogP contribution in [0.3, 0.4) is 0 Å². The number of nitrogens with zero attached hydrogens (tertiary/aromatic N) is 1. The van der Waals surface area contributed by atoms with Crippen LogP contribution in [0.5, 0.6) is 0 Å². The quantitative estimate of drug-likeness (QED) is 0.723. The Morgan fingerprint density at radius 3 is 2.62 bits per heavy atom. The lowest BCUT2D eigenvalue weighted by atomic mass is 10.0. The number of nitrogens with one attached hydrogen (secondary N) is 1. The normalized spacial score (nSPS) is 10.5. The summed E-state index contributed by atoms with van der Waals surface area (Å²) in [7, 11) is 0. The van der Waals surface area contributed by atoms with Gasteiger partial charge in [0.05, 0.1) is 11.8 Å². The molecule has 24 heavy (non-hydrogen) atoms. The molecule has 7 heteroatoms. The van der Waals surface area contributed by atoms with Crippen LogP contribution >= 0.6 is 11.3 Å². The molecule has 0 aliphatic carbocycles. The third-order valence-electron chi connectivity index (χ3n) is 3.46. The molecule has 2 heterocycles. The standard InChI is InChI=1S/C17H14N2O4S/c1-11(21)18-10-19-8-15(17(22)23-19)12-2-4-13(5-3-12)16-14(9-20)6-7-24-16/h2-9H,10H2,1H3,(H,18,21). The Balaban J connectivity index is 1.87. The SMILES string of the molecule is CC(=O)NCn1cc(-c2ccc(-c3sccc3C=O)cc2)c(=O)o1. The van der Waals surface area contributed by atoms with Crippen LogP contribution in [-0.2, 0) is 11.5 Å². The van der Waals surface area contributed by atoms with Gasteiger partial charge in [0.15, 0.2) is 6.29 Å². The second-order valence-electron chi connectivity index (χ2n) is 5.13. The fourth-order valence-electron chi connectivity index (χ4n) is 2.29. The van der Waals surface area contributed by atoms with E-state index in [0.717, 1.165) is 16.7 Å². The molecule has 1 amide bonds. The summed E-state index contributed by atoms with van der Waals surface area (Å²) in [5, 5.41) is 4.42. The number of hydrogen-bond donors (Lipinski definition) is 1. The van der Waals surface area contributed by atoms with E-state index >= 15 is 0 Å². The van der Waals surface area contributed by atoms with E-state index in [1.807, 2.05) is 17.5 Å². The topological polar surface area (TPSA) is 81.3 Å². The molecule has 0 radical (unpaired) electrons. The number of aromatic nitrogens is 1. The average Bonchev–Trinajstić information content (AvgIpc) is 3.19. The Labute approximate surface area is 141 Å². The summed E-state index contributed by atoms with van der Waals surface area (Å²) in [6, 6.07) is 9.10. The summed E-state index contributed by atoms with van der Waals surface area (Å²) in [5.74, 6) is -0.209. The Morgan fingerprint density at radius 1 is 1.25 bits per heavy atom. The number of aldehydes is 1. The van der Waals surface area contributed by atoms with Crippen molar-refractivity contribution in [2.75, 3.05) is 0 Å². The Bertz CT molecular complexity index is 934. The van der Waals surface area contributed by atoms with Gasteiger partial charge < -0.3 is 9.84 Å². The highest BCUT2D eigenvalue weighted by Gasteiger charge is 2.11. The molecule has 3 aromatic rings. The monoisotopic (exact) mass is 342 g/mol. The molecule has 2 aromatic heterocycles. The van der Waals surface area contributed by atoms with Crippen molar-refractivity contribution >= 4 is 23.5 Å². The third-order valence-corrected chi connectivity index (χ3v) is 4.44. The smallest absolute Gasteiger partial charge is 0.336 e. The molecule has 6 nitrogen and oxygen atoms in total. The Hall–Kier alpha value is -2.93. The third kappa shape index (κ3) is 3.21. The van der Waals surface area contributed by atoms with E-state index in [9.17, 15) is 14.4 Å². The molecule has 0 bridgehead atoms. The van der Waals surface area contributed by atoms with Gasteiger partial charge in [-0.1, -0.05) is 24.3 Å². The number of thiophene rings is 1. The maximum Gasteiger partial charge on any atom is 0.365 e. The highest BCUT2D eigenvalue weighted by Crippen LogP contribution is 2.30. The number of hydrogen-bond acceptors (Lipinski definition) is 5. The molecule has 0 saturated heterocycles. The highest BCUT2D eigenvalue weighted by atomic mass is 32.1. The second kappa shape index (κ2) is 6.67. The number of benzene rings is 1. The molecule has 1 N–H and O–H groups in total. The van der Waals surface area contributed by atoms with Gasteiger partial charge in [0.25, 0.3) is 0 Å². The number of carbonyl (C=O) groups is 2. The lowest BCUT2D eigenvalue weighted by Crippen LogP contribution is -2.22. The summed E-state index contributed by atoms with van der Waals surface area (Å²) >= 11 is 1.49. The summed E-state index contributed by atoms with van der Waals surface area (Å²) in [6.07, 6.45) is 2.38. The van der Waals surface area contributed by atoms with Crippen molar-refractivity contribution in [1.82, 2.24) is 10.1 Å². The molecule has 1 aromatic carbocycles. The Morgan fingerprint density at radius 2 is 1.96 bits per heavy atom. The van der Waals surface area contributed by atoms with Gasteiger partial charge >= 0.3 is 5.63 Å². The maximum atomic E-state index is 12.0. The van der Waals surface area contributed by atoms with Gasteiger partial charge in [-0.05, 0) is 22.6 Å². The summed E-state index contributed by atoms with van der Waals surface area (Å²) in [5.41, 5.74) is 2.21. The summed E-state index contributed by atoms with van der Waals surface area (Å²) in [6.45, 7) is 1.49. The summed E-state index contributed by atoms with van der Waals surface area (Å²) < 4.78 is 6.34. The molecule has 0 saturated carbocycles. The first kappa shape index (κ1) is 15.9. The number of rotatable bonds is 5. The minimum Gasteiger partial charge on any atom is -0.336 e. The van der Waals surface area contributed by atoms with Gasteiger partial charge in [0.2, 0.25) is 5.91 Å². The molecule has 122 valence electrons. The van der Waals surface area contributed by atoms with Gasteiger partial charge in [0.1, 0.15) is 6.67 Å². The van der Waals surface area contributed by atoms with E-state index in [2.05, 4.69) is 5.32 Å². The fourth-order valence-corrected chi connectivity index (χ4v) is 3.16. The fraction of sp³-hybridized carbons (Fsp3) is 0.118. The average molecular weight is 342 g/mol. The highest BCUT2D eigenvalue weighted by molar-refractivity contribution is 7.14. The van der Waals surface area contributed by atoms with Crippen molar-refractivity contribution in [3.8, 4) is 21.6 Å². The van der Waals surface area contributed by atoms with E-state index in [-0.39, 0.29) is 12.6 Å². The van der Waals surface area contributed by atoms with Gasteiger partial charge in [-0.3, -0.25) is 9.59 Å². The zero-order valence-electron chi connectivity index (χ0n) is 12.8. The van der Waals surface area contributed by atoms with Crippen LogP contribution in [-0.4, -0.2) is 16.9 Å². The predicted molar refractivity (Wildman–Crippen MR) is 90.9 cm³/mol. The van der Waals surface area contributed by atoms with E-state index in [1.165, 1.54) is 23.0 Å². The van der Waals surface area contributed by atoms with Crippen molar-refractivity contribution in [3.05, 3.63) is 57.9 Å². The van der Waals surface area contributed by atoms with Crippen LogP contribution in [0.2, 0.25) is 0 Å². The van der Waals surface area contributed by atoms with E-state index in [1.54, 1.807) is 24.4 Å². The first-order valence-electron chi connectivity index (χ1n) is 7.17. The zero-order chi connectivity index (χ0) is 17.1. The van der Waals surface area contributed by atoms with Crippen LogP contribution in [0, 0.1) is 0 Å². The van der Waals surface area contributed by atoms with E-state index < -0.39 is 5.63 Å². The molecular weight excluding hydrogens is 328 g/mol. The molecule has 0 spiro atoms. The van der Waals surface area contributed by atoms with Crippen molar-refractivity contribution in [1.29, 1.82) is 0 Å². The van der Waals surface area contributed by atoms with Crippen LogP contribution in [0.4, 0.5) is 0 Å². The van der Waals surface area contributed by atoms with Crippen LogP contribution in [0.15, 0.2) is 51.2 Å². The summed E-state index contributed by atoms with van der Waals surface area (Å²) in [4.78, 5) is 34.8. The number of amides is 1. The lowest BCUT2D eigenvalue weighted by molar-refractivity contribution is -0.119. The first-order chi connectivity index (χ1) is 11.6. The molecule has 0 unspecified atom stereocenters. The zero-order valence-corrected chi connectivity index (χ0v) is 13.6. The molecule has 0 aliphatic heterocycles. The predicted octanol–water partition coefficient (Wildman–Crippen LogP) is 2.74. The molecular formula is C17H14N2O4S. The molecule has 0 atom stereocenters. The minimum absolute atomic E-state index is 0.0978. The minimum atomic E-state index is -0.474. The lowest BCUT2D eigenvalue weighted by Gasteiger charge is -2.01. The first-order valence-corrected chi connectivity index (χ1v) is 8.05. The molecule has 3 rings (SSSR count). The van der Waals surface area contributed by atoms with E-state index in [4.69, 9.17) is 4.52 Å². The molecule has 0 aliphatic rings. The van der Waals surface area contributed by atoms with Gasteiger partial charge in [-0.2, -0.15) is 4.74 Å². The van der Waals surface area contributed by atoms with E-state index in [0.29, 0.717) is 16.7 Å². The van der Waals surface area contributed by atoms with Gasteiger partial charge in [-0.25, -0.2) is 4.79 Å². The molecule has 0 fully saturated rings.